The molecule has 0 saturated heterocycles. The van der Waals surface area contributed by atoms with E-state index < -0.39 is 12.1 Å². The van der Waals surface area contributed by atoms with E-state index in [2.05, 4.69) is 6.92 Å². The number of halogens is 1. The van der Waals surface area contributed by atoms with Crippen LogP contribution in [0.3, 0.4) is 0 Å². The van der Waals surface area contributed by atoms with E-state index in [9.17, 15) is 9.90 Å². The lowest BCUT2D eigenvalue weighted by molar-refractivity contribution is -0.146. The molecule has 0 aliphatic heterocycles. The lowest BCUT2D eigenvalue weighted by Crippen LogP contribution is -2.13. The fourth-order valence-electron chi connectivity index (χ4n) is 2.76. The first-order chi connectivity index (χ1) is 8.99. The van der Waals surface area contributed by atoms with Crippen molar-refractivity contribution < 1.29 is 15.0 Å². The Morgan fingerprint density at radius 3 is 2.47 bits per heavy atom. The maximum atomic E-state index is 10.7. The van der Waals surface area contributed by atoms with Gasteiger partial charge in [-0.15, -0.1) is 0 Å². The number of aliphatic hydroxyl groups is 1. The van der Waals surface area contributed by atoms with Crippen molar-refractivity contribution in [3.8, 4) is 0 Å². The molecular formula is C15H19ClO3. The van der Waals surface area contributed by atoms with Crippen molar-refractivity contribution in [3.05, 3.63) is 34.3 Å². The van der Waals surface area contributed by atoms with E-state index in [1.807, 2.05) is 6.07 Å². The Morgan fingerprint density at radius 1 is 1.32 bits per heavy atom. The van der Waals surface area contributed by atoms with Crippen LogP contribution in [0.15, 0.2) is 18.2 Å². The van der Waals surface area contributed by atoms with Gasteiger partial charge in [-0.05, 0) is 41.9 Å². The third-order valence-electron chi connectivity index (χ3n) is 4.03. The van der Waals surface area contributed by atoms with Crippen LogP contribution in [0.1, 0.15) is 55.8 Å². The summed E-state index contributed by atoms with van der Waals surface area (Å²) >= 11 is 6.24. The van der Waals surface area contributed by atoms with Crippen molar-refractivity contribution in [3.63, 3.8) is 0 Å². The Labute approximate surface area is 118 Å². The van der Waals surface area contributed by atoms with Crippen LogP contribution >= 0.6 is 11.6 Å². The van der Waals surface area contributed by atoms with E-state index in [1.54, 1.807) is 12.1 Å². The van der Waals surface area contributed by atoms with Gasteiger partial charge in [0.05, 0.1) is 0 Å². The van der Waals surface area contributed by atoms with Crippen LogP contribution in [0.5, 0.6) is 0 Å². The van der Waals surface area contributed by atoms with Crippen LogP contribution in [-0.2, 0) is 4.79 Å². The first kappa shape index (κ1) is 14.4. The summed E-state index contributed by atoms with van der Waals surface area (Å²) in [6, 6.07) is 5.11. The van der Waals surface area contributed by atoms with Gasteiger partial charge in [0.2, 0.25) is 0 Å². The van der Waals surface area contributed by atoms with E-state index >= 15 is 0 Å². The molecule has 2 N–H and O–H groups in total. The zero-order valence-corrected chi connectivity index (χ0v) is 11.7. The van der Waals surface area contributed by atoms with Gasteiger partial charge >= 0.3 is 5.97 Å². The first-order valence-electron chi connectivity index (χ1n) is 6.69. The molecule has 19 heavy (non-hydrogen) atoms. The SMILES string of the molecule is CC1CCC(c2ccc(C(O)C(=O)O)cc2Cl)CC1. The quantitative estimate of drug-likeness (QED) is 0.888. The number of hydrogen-bond acceptors (Lipinski definition) is 2. The Balaban J connectivity index is 2.17. The molecule has 3 nitrogen and oxygen atoms in total. The molecule has 0 amide bonds. The van der Waals surface area contributed by atoms with Crippen LogP contribution in [-0.4, -0.2) is 16.2 Å². The van der Waals surface area contributed by atoms with Gasteiger partial charge < -0.3 is 10.2 Å². The molecule has 1 unspecified atom stereocenters. The van der Waals surface area contributed by atoms with Crippen molar-refractivity contribution >= 4 is 17.6 Å². The summed E-state index contributed by atoms with van der Waals surface area (Å²) in [5.41, 5.74) is 1.42. The highest BCUT2D eigenvalue weighted by Gasteiger charge is 2.23. The third-order valence-corrected chi connectivity index (χ3v) is 4.36. The maximum Gasteiger partial charge on any atom is 0.337 e. The number of aliphatic hydroxyl groups excluding tert-OH is 1. The molecule has 1 aliphatic carbocycles. The molecule has 104 valence electrons. The average molecular weight is 283 g/mol. The summed E-state index contributed by atoms with van der Waals surface area (Å²) in [4.78, 5) is 10.7. The molecule has 4 heteroatoms. The minimum absolute atomic E-state index is 0.338. The zero-order valence-electron chi connectivity index (χ0n) is 11.0. The number of carboxylic acid groups (broad SMARTS) is 1. The highest BCUT2D eigenvalue weighted by atomic mass is 35.5. The highest BCUT2D eigenvalue weighted by Crippen LogP contribution is 2.39. The second-order valence-electron chi connectivity index (χ2n) is 5.48. The standard InChI is InChI=1S/C15H19ClO3/c1-9-2-4-10(5-3-9)12-7-6-11(8-13(12)16)14(17)15(18)19/h6-10,14,17H,2-5H2,1H3,(H,18,19). The van der Waals surface area contributed by atoms with Crippen molar-refractivity contribution in [2.45, 2.75) is 44.6 Å². The van der Waals surface area contributed by atoms with Crippen molar-refractivity contribution in [2.24, 2.45) is 5.92 Å². The van der Waals surface area contributed by atoms with E-state index in [0.717, 1.165) is 24.3 Å². The number of carbonyl (C=O) groups is 1. The Kier molecular flexibility index (Phi) is 4.48. The molecule has 1 aliphatic rings. The predicted molar refractivity (Wildman–Crippen MR) is 74.4 cm³/mol. The van der Waals surface area contributed by atoms with Gasteiger partial charge in [-0.2, -0.15) is 0 Å². The summed E-state index contributed by atoms with van der Waals surface area (Å²) < 4.78 is 0. The lowest BCUT2D eigenvalue weighted by atomic mass is 9.79. The Bertz CT molecular complexity index is 464. The summed E-state index contributed by atoms with van der Waals surface area (Å²) in [5, 5.41) is 18.8. The largest absolute Gasteiger partial charge is 0.479 e. The Morgan fingerprint density at radius 2 is 1.95 bits per heavy atom. The summed E-state index contributed by atoms with van der Waals surface area (Å²) in [6.07, 6.45) is 3.17. The maximum absolute atomic E-state index is 10.7. The van der Waals surface area contributed by atoms with E-state index in [-0.39, 0.29) is 0 Å². The molecule has 1 fully saturated rings. The van der Waals surface area contributed by atoms with Crippen LogP contribution in [0.25, 0.3) is 0 Å². The average Bonchev–Trinajstić information content (AvgIpc) is 2.39. The van der Waals surface area contributed by atoms with Gasteiger partial charge in [0, 0.05) is 5.02 Å². The van der Waals surface area contributed by atoms with Gasteiger partial charge in [0.25, 0.3) is 0 Å². The second-order valence-corrected chi connectivity index (χ2v) is 5.89. The summed E-state index contributed by atoms with van der Waals surface area (Å²) in [5.74, 6) is -0.0156. The Hall–Kier alpha value is -1.06. The van der Waals surface area contributed by atoms with Crippen molar-refractivity contribution in [1.29, 1.82) is 0 Å². The minimum Gasteiger partial charge on any atom is -0.479 e. The molecule has 0 spiro atoms. The number of benzene rings is 1. The molecule has 2 rings (SSSR count). The molecule has 0 aromatic heterocycles. The van der Waals surface area contributed by atoms with Crippen molar-refractivity contribution in [2.75, 3.05) is 0 Å². The van der Waals surface area contributed by atoms with Crippen molar-refractivity contribution in [1.82, 2.24) is 0 Å². The summed E-state index contributed by atoms with van der Waals surface area (Å²) in [7, 11) is 0. The lowest BCUT2D eigenvalue weighted by Gasteiger charge is -2.27. The molecule has 0 heterocycles. The number of carboxylic acids is 1. The van der Waals surface area contributed by atoms with Gasteiger partial charge in [-0.3, -0.25) is 0 Å². The molecule has 1 aromatic carbocycles. The molecular weight excluding hydrogens is 264 g/mol. The molecule has 1 saturated carbocycles. The number of hydrogen-bond donors (Lipinski definition) is 2. The normalized spacial score (nSPS) is 25.0. The van der Waals surface area contributed by atoms with E-state index in [1.165, 1.54) is 12.8 Å². The number of aliphatic carboxylic acids is 1. The van der Waals surface area contributed by atoms with Gasteiger partial charge in [-0.1, -0.05) is 43.5 Å². The molecule has 0 bridgehead atoms. The minimum atomic E-state index is -1.50. The third kappa shape index (κ3) is 3.28. The van der Waals surface area contributed by atoms with Crippen LogP contribution < -0.4 is 0 Å². The first-order valence-corrected chi connectivity index (χ1v) is 7.07. The number of rotatable bonds is 3. The highest BCUT2D eigenvalue weighted by molar-refractivity contribution is 6.31. The molecule has 1 atom stereocenters. The zero-order chi connectivity index (χ0) is 14.0. The van der Waals surface area contributed by atoms with Gasteiger partial charge in [0.1, 0.15) is 0 Å². The van der Waals surface area contributed by atoms with E-state index in [0.29, 0.717) is 16.5 Å². The fraction of sp³-hybridized carbons (Fsp3) is 0.533. The van der Waals surface area contributed by atoms with E-state index in [4.69, 9.17) is 16.7 Å². The van der Waals surface area contributed by atoms with Gasteiger partial charge in [-0.25, -0.2) is 4.79 Å². The van der Waals surface area contributed by atoms with Crippen LogP contribution in [0.2, 0.25) is 5.02 Å². The van der Waals surface area contributed by atoms with Gasteiger partial charge in [0.15, 0.2) is 6.10 Å². The summed E-state index contributed by atoms with van der Waals surface area (Å²) in [6.45, 7) is 2.27. The smallest absolute Gasteiger partial charge is 0.337 e. The second kappa shape index (κ2) is 5.93. The van der Waals surface area contributed by atoms with Crippen LogP contribution in [0, 0.1) is 5.92 Å². The monoisotopic (exact) mass is 282 g/mol. The molecule has 1 aromatic rings. The van der Waals surface area contributed by atoms with Crippen LogP contribution in [0.4, 0.5) is 0 Å². The fourth-order valence-corrected chi connectivity index (χ4v) is 3.10. The predicted octanol–water partition coefficient (Wildman–Crippen LogP) is 3.75. The topological polar surface area (TPSA) is 57.5 Å². The molecule has 0 radical (unpaired) electrons.